The lowest BCUT2D eigenvalue weighted by Crippen LogP contribution is -2.13. The highest BCUT2D eigenvalue weighted by molar-refractivity contribution is 5.70. The van der Waals surface area contributed by atoms with Crippen LogP contribution in [0.1, 0.15) is 55.0 Å². The van der Waals surface area contributed by atoms with Crippen molar-refractivity contribution < 1.29 is 24.5 Å². The Bertz CT molecular complexity index is 1110. The van der Waals surface area contributed by atoms with E-state index in [2.05, 4.69) is 0 Å². The normalized spacial score (nSPS) is 13.0. The molecule has 0 fully saturated rings. The van der Waals surface area contributed by atoms with Crippen LogP contribution in [0.2, 0.25) is 0 Å². The number of hydrogen-bond donors (Lipinski definition) is 2. The van der Waals surface area contributed by atoms with Gasteiger partial charge in [0.2, 0.25) is 0 Å². The predicted octanol–water partition coefficient (Wildman–Crippen LogP) is 5.69. The summed E-state index contributed by atoms with van der Waals surface area (Å²) in [4.78, 5) is 11.9. The van der Waals surface area contributed by atoms with Crippen LogP contribution in [0.4, 0.5) is 0 Å². The minimum Gasteiger partial charge on any atom is -0.493 e. The second-order valence-corrected chi connectivity index (χ2v) is 9.09. The molecule has 0 amide bonds. The van der Waals surface area contributed by atoms with E-state index in [4.69, 9.17) is 9.47 Å². The molecular formula is C31H36O5. The summed E-state index contributed by atoms with van der Waals surface area (Å²) in [6.07, 6.45) is 4.02. The van der Waals surface area contributed by atoms with E-state index in [0.717, 1.165) is 22.3 Å². The lowest BCUT2D eigenvalue weighted by molar-refractivity contribution is -0.147. The molecule has 0 aliphatic carbocycles. The summed E-state index contributed by atoms with van der Waals surface area (Å²) in [5.74, 6) is 0.489. The van der Waals surface area contributed by atoms with Gasteiger partial charge in [-0.15, -0.1) is 0 Å². The Hall–Kier alpha value is -3.41. The molecule has 0 aliphatic rings. The molecular weight excluding hydrogens is 452 g/mol. The summed E-state index contributed by atoms with van der Waals surface area (Å²) in [7, 11) is 0. The zero-order chi connectivity index (χ0) is 25.8. The maximum atomic E-state index is 11.9. The first-order valence-corrected chi connectivity index (χ1v) is 12.5. The number of para-hydroxylation sites is 1. The van der Waals surface area contributed by atoms with Crippen LogP contribution >= 0.6 is 0 Å². The summed E-state index contributed by atoms with van der Waals surface area (Å²) >= 11 is 0. The van der Waals surface area contributed by atoms with E-state index >= 15 is 0 Å². The van der Waals surface area contributed by atoms with Crippen molar-refractivity contribution in [1.82, 2.24) is 0 Å². The fourth-order valence-electron chi connectivity index (χ4n) is 3.84. The van der Waals surface area contributed by atoms with E-state index in [1.54, 1.807) is 6.08 Å². The van der Waals surface area contributed by atoms with Crippen LogP contribution in [0.15, 0.2) is 84.9 Å². The lowest BCUT2D eigenvalue weighted by Gasteiger charge is -2.13. The van der Waals surface area contributed by atoms with E-state index in [1.165, 1.54) is 0 Å². The molecule has 0 saturated heterocycles. The van der Waals surface area contributed by atoms with Crippen molar-refractivity contribution in [2.45, 2.75) is 57.8 Å². The Labute approximate surface area is 214 Å². The van der Waals surface area contributed by atoms with E-state index in [9.17, 15) is 15.0 Å². The zero-order valence-electron chi connectivity index (χ0n) is 21.0. The van der Waals surface area contributed by atoms with E-state index in [0.29, 0.717) is 38.0 Å². The van der Waals surface area contributed by atoms with Crippen LogP contribution in [0, 0.1) is 0 Å². The molecule has 0 heterocycles. The molecule has 5 heteroatoms. The molecule has 0 radical (unpaired) electrons. The van der Waals surface area contributed by atoms with Crippen molar-refractivity contribution in [3.63, 3.8) is 0 Å². The molecule has 2 atom stereocenters. The number of benzene rings is 3. The largest absolute Gasteiger partial charge is 0.493 e. The number of hydrogen-bond acceptors (Lipinski definition) is 5. The third kappa shape index (κ3) is 9.33. The summed E-state index contributed by atoms with van der Waals surface area (Å²) in [6.45, 7) is 4.01. The molecule has 0 aliphatic heterocycles. The van der Waals surface area contributed by atoms with Crippen LogP contribution in [0.25, 0.3) is 6.08 Å². The van der Waals surface area contributed by atoms with Crippen molar-refractivity contribution in [2.24, 2.45) is 0 Å². The highest BCUT2D eigenvalue weighted by Gasteiger charge is 2.11. The molecule has 3 aromatic rings. The molecule has 3 rings (SSSR count). The standard InChI is InChI=1S/C31H36O5/c1-23(2)36-31(34)18-16-26-12-6-7-14-30(26)35-20-19-28(32)17-15-25-11-8-13-27(21-25)29(33)22-24-9-4-3-5-10-24/h3-15,17,21,23,28-29,32-33H,16,18-20,22H2,1-2H3/b17-15+/t28-,29+/m0/s1. The third-order valence-electron chi connectivity index (χ3n) is 5.69. The Kier molecular flexibility index (Phi) is 10.7. The third-order valence-corrected chi connectivity index (χ3v) is 5.69. The lowest BCUT2D eigenvalue weighted by atomic mass is 9.99. The van der Waals surface area contributed by atoms with Crippen molar-refractivity contribution >= 4 is 12.0 Å². The molecule has 190 valence electrons. The molecule has 36 heavy (non-hydrogen) atoms. The maximum Gasteiger partial charge on any atom is 0.306 e. The summed E-state index contributed by atoms with van der Waals surface area (Å²) in [5, 5.41) is 21.0. The minimum atomic E-state index is -0.670. The van der Waals surface area contributed by atoms with Gasteiger partial charge in [-0.05, 0) is 54.7 Å². The first kappa shape index (κ1) is 27.2. The van der Waals surface area contributed by atoms with Crippen molar-refractivity contribution in [2.75, 3.05) is 6.61 Å². The van der Waals surface area contributed by atoms with Gasteiger partial charge in [-0.3, -0.25) is 4.79 Å². The van der Waals surface area contributed by atoms with E-state index in [1.807, 2.05) is 98.8 Å². The predicted molar refractivity (Wildman–Crippen MR) is 143 cm³/mol. The number of carbonyl (C=O) groups excluding carboxylic acids is 1. The van der Waals surface area contributed by atoms with Crippen molar-refractivity contribution in [3.8, 4) is 5.75 Å². The molecule has 0 bridgehead atoms. The number of aliphatic hydroxyl groups excluding tert-OH is 2. The van der Waals surface area contributed by atoms with E-state index in [-0.39, 0.29) is 12.1 Å². The average molecular weight is 489 g/mol. The number of ether oxygens (including phenoxy) is 2. The Morgan fingerprint density at radius 2 is 1.69 bits per heavy atom. The summed E-state index contributed by atoms with van der Waals surface area (Å²) < 4.78 is 11.1. The first-order valence-electron chi connectivity index (χ1n) is 12.5. The van der Waals surface area contributed by atoms with Gasteiger partial charge in [0.25, 0.3) is 0 Å². The molecule has 0 spiro atoms. The monoisotopic (exact) mass is 488 g/mol. The first-order chi connectivity index (χ1) is 17.4. The smallest absolute Gasteiger partial charge is 0.306 e. The van der Waals surface area contributed by atoms with Gasteiger partial charge in [-0.1, -0.05) is 78.9 Å². The highest BCUT2D eigenvalue weighted by atomic mass is 16.5. The highest BCUT2D eigenvalue weighted by Crippen LogP contribution is 2.22. The summed E-state index contributed by atoms with van der Waals surface area (Å²) in [5.41, 5.74) is 3.78. The number of esters is 1. The fourth-order valence-corrected chi connectivity index (χ4v) is 3.84. The minimum absolute atomic E-state index is 0.125. The number of rotatable bonds is 13. The van der Waals surface area contributed by atoms with Gasteiger partial charge in [0.1, 0.15) is 5.75 Å². The Balaban J connectivity index is 1.48. The van der Waals surface area contributed by atoms with Crippen molar-refractivity contribution in [3.05, 3.63) is 107 Å². The SMILES string of the molecule is CC(C)OC(=O)CCc1ccccc1OCC[C@@H](O)/C=C/c1cccc([C@H](O)Cc2ccccc2)c1. The van der Waals surface area contributed by atoms with Gasteiger partial charge >= 0.3 is 5.97 Å². The zero-order valence-corrected chi connectivity index (χ0v) is 21.0. The van der Waals surface area contributed by atoms with Crippen LogP contribution in [-0.4, -0.2) is 35.0 Å². The summed E-state index contributed by atoms with van der Waals surface area (Å²) in [6, 6.07) is 25.2. The number of carbonyl (C=O) groups is 1. The van der Waals surface area contributed by atoms with Crippen LogP contribution in [0.3, 0.4) is 0 Å². The van der Waals surface area contributed by atoms with Gasteiger partial charge in [0, 0.05) is 19.3 Å². The molecule has 5 nitrogen and oxygen atoms in total. The quantitative estimate of drug-likeness (QED) is 0.302. The van der Waals surface area contributed by atoms with Gasteiger partial charge in [0.15, 0.2) is 0 Å². The number of aryl methyl sites for hydroxylation is 1. The molecule has 0 unspecified atom stereocenters. The van der Waals surface area contributed by atoms with Crippen LogP contribution < -0.4 is 4.74 Å². The van der Waals surface area contributed by atoms with Gasteiger partial charge in [0.05, 0.1) is 24.9 Å². The Morgan fingerprint density at radius 1 is 0.944 bits per heavy atom. The Morgan fingerprint density at radius 3 is 2.47 bits per heavy atom. The van der Waals surface area contributed by atoms with Crippen molar-refractivity contribution in [1.29, 1.82) is 0 Å². The fraction of sp³-hybridized carbons (Fsp3) is 0.323. The second-order valence-electron chi connectivity index (χ2n) is 9.09. The molecule has 3 aromatic carbocycles. The molecule has 2 N–H and O–H groups in total. The van der Waals surface area contributed by atoms with Gasteiger partial charge in [-0.25, -0.2) is 0 Å². The van der Waals surface area contributed by atoms with Gasteiger partial charge in [-0.2, -0.15) is 0 Å². The van der Waals surface area contributed by atoms with Crippen LogP contribution in [0.5, 0.6) is 5.75 Å². The molecule has 0 saturated carbocycles. The molecule has 0 aromatic heterocycles. The van der Waals surface area contributed by atoms with E-state index < -0.39 is 12.2 Å². The second kappa shape index (κ2) is 14.2. The maximum absolute atomic E-state index is 11.9. The average Bonchev–Trinajstić information content (AvgIpc) is 2.87. The van der Waals surface area contributed by atoms with Crippen LogP contribution in [-0.2, 0) is 22.4 Å². The number of aliphatic hydroxyl groups is 2. The topological polar surface area (TPSA) is 76.0 Å². The van der Waals surface area contributed by atoms with Gasteiger partial charge < -0.3 is 19.7 Å².